The molecule has 2 atom stereocenters. The van der Waals surface area contributed by atoms with Crippen molar-refractivity contribution in [2.75, 3.05) is 13.2 Å². The number of aryl methyl sites for hydroxylation is 1. The molecule has 0 amide bonds. The molecule has 17 heavy (non-hydrogen) atoms. The Hall–Kier alpha value is -0.380. The van der Waals surface area contributed by atoms with E-state index in [0.29, 0.717) is 11.8 Å². The summed E-state index contributed by atoms with van der Waals surface area (Å²) in [5.41, 5.74) is 1.43. The van der Waals surface area contributed by atoms with Gasteiger partial charge in [-0.2, -0.15) is 0 Å². The molecule has 3 rings (SSSR count). The van der Waals surface area contributed by atoms with Crippen molar-refractivity contribution >= 4 is 11.3 Å². The monoisotopic (exact) mass is 252 g/mol. The largest absolute Gasteiger partial charge is 0.392 e. The minimum absolute atomic E-state index is 0.160. The fraction of sp³-hybridized carbons (Fsp3) is 0.714. The first kappa shape index (κ1) is 11.7. The van der Waals surface area contributed by atoms with Crippen molar-refractivity contribution in [2.24, 2.45) is 5.92 Å². The molecule has 1 fully saturated rings. The predicted molar refractivity (Wildman–Crippen MR) is 69.5 cm³/mol. The third-order valence-electron chi connectivity index (χ3n) is 4.26. The molecule has 2 unspecified atom stereocenters. The zero-order valence-electron chi connectivity index (χ0n) is 10.1. The molecular formula is C14H20O2S. The molecule has 3 heteroatoms. The summed E-state index contributed by atoms with van der Waals surface area (Å²) in [6.07, 6.45) is 5.49. The van der Waals surface area contributed by atoms with Crippen molar-refractivity contribution in [1.82, 2.24) is 0 Å². The van der Waals surface area contributed by atoms with Gasteiger partial charge in [-0.25, -0.2) is 0 Å². The molecule has 0 spiro atoms. The van der Waals surface area contributed by atoms with Crippen LogP contribution in [0.2, 0.25) is 0 Å². The number of rotatable bonds is 2. The highest BCUT2D eigenvalue weighted by atomic mass is 32.1. The van der Waals surface area contributed by atoms with Gasteiger partial charge in [0, 0.05) is 24.0 Å². The Bertz CT molecular complexity index is 368. The lowest BCUT2D eigenvalue weighted by Crippen LogP contribution is -2.33. The van der Waals surface area contributed by atoms with Gasteiger partial charge in [-0.3, -0.25) is 0 Å². The van der Waals surface area contributed by atoms with Crippen LogP contribution in [0.3, 0.4) is 0 Å². The van der Waals surface area contributed by atoms with E-state index in [2.05, 4.69) is 11.4 Å². The van der Waals surface area contributed by atoms with Gasteiger partial charge in [-0.1, -0.05) is 0 Å². The lowest BCUT2D eigenvalue weighted by molar-refractivity contribution is -0.00523. The van der Waals surface area contributed by atoms with Crippen molar-refractivity contribution in [3.63, 3.8) is 0 Å². The Morgan fingerprint density at radius 3 is 2.94 bits per heavy atom. The first-order chi connectivity index (χ1) is 8.36. The molecule has 2 aliphatic rings. The first-order valence-corrected chi connectivity index (χ1v) is 7.56. The Balaban J connectivity index is 1.76. The number of hydrogen-bond donors (Lipinski definition) is 1. The molecule has 2 nitrogen and oxygen atoms in total. The number of aliphatic hydroxyl groups is 1. The van der Waals surface area contributed by atoms with E-state index in [0.717, 1.165) is 32.5 Å². The van der Waals surface area contributed by atoms with Crippen LogP contribution in [-0.4, -0.2) is 24.4 Å². The minimum atomic E-state index is -0.160. The molecule has 2 heterocycles. The van der Waals surface area contributed by atoms with Gasteiger partial charge in [0.05, 0.1) is 6.10 Å². The summed E-state index contributed by atoms with van der Waals surface area (Å²) in [4.78, 5) is 1.51. The molecule has 1 saturated heterocycles. The molecule has 94 valence electrons. The van der Waals surface area contributed by atoms with Crippen LogP contribution in [0.4, 0.5) is 0 Å². The van der Waals surface area contributed by atoms with Gasteiger partial charge in [0.1, 0.15) is 0 Å². The van der Waals surface area contributed by atoms with Crippen molar-refractivity contribution in [3.05, 3.63) is 21.9 Å². The lowest BCUT2D eigenvalue weighted by atomic mass is 9.77. The number of thiophene rings is 1. The van der Waals surface area contributed by atoms with Crippen LogP contribution in [-0.2, 0) is 11.2 Å². The number of aliphatic hydroxyl groups excluding tert-OH is 1. The summed E-state index contributed by atoms with van der Waals surface area (Å²) in [6, 6.07) is 2.23. The fourth-order valence-corrected chi connectivity index (χ4v) is 4.26. The minimum Gasteiger partial charge on any atom is -0.392 e. The van der Waals surface area contributed by atoms with Gasteiger partial charge in [0.2, 0.25) is 0 Å². The second kappa shape index (κ2) is 5.09. The highest BCUT2D eigenvalue weighted by Crippen LogP contribution is 2.40. The van der Waals surface area contributed by atoms with E-state index in [1.54, 1.807) is 0 Å². The van der Waals surface area contributed by atoms with Crippen LogP contribution in [0, 0.1) is 5.92 Å². The quantitative estimate of drug-likeness (QED) is 0.877. The number of ether oxygens (including phenoxy) is 1. The maximum atomic E-state index is 10.6. The molecule has 0 aromatic carbocycles. The summed E-state index contributed by atoms with van der Waals surface area (Å²) in [6.45, 7) is 1.65. The molecule has 1 aliphatic heterocycles. The van der Waals surface area contributed by atoms with Crippen LogP contribution in [0.1, 0.15) is 42.0 Å². The molecule has 0 bridgehead atoms. The summed E-state index contributed by atoms with van der Waals surface area (Å²) in [7, 11) is 0. The molecule has 0 saturated carbocycles. The normalized spacial score (nSPS) is 27.7. The summed E-state index contributed by atoms with van der Waals surface area (Å²) in [5.74, 6) is 0.827. The van der Waals surface area contributed by atoms with Crippen LogP contribution in [0.25, 0.3) is 0 Å². The van der Waals surface area contributed by atoms with E-state index in [1.807, 2.05) is 11.3 Å². The Morgan fingerprint density at radius 2 is 2.12 bits per heavy atom. The molecule has 1 aromatic heterocycles. The maximum absolute atomic E-state index is 10.6. The number of hydrogen-bond acceptors (Lipinski definition) is 3. The molecule has 1 N–H and O–H groups in total. The smallest absolute Gasteiger partial charge is 0.0638 e. The highest BCUT2D eigenvalue weighted by Gasteiger charge is 2.33. The van der Waals surface area contributed by atoms with Gasteiger partial charge in [0.25, 0.3) is 0 Å². The Labute approximate surface area is 107 Å². The zero-order chi connectivity index (χ0) is 11.7. The summed E-state index contributed by atoms with van der Waals surface area (Å²) < 4.78 is 5.38. The van der Waals surface area contributed by atoms with E-state index >= 15 is 0 Å². The van der Waals surface area contributed by atoms with Gasteiger partial charge >= 0.3 is 0 Å². The standard InChI is InChI=1S/C14H20O2S/c15-14(10-4-7-16-8-5-10)12-2-1-3-13-11(12)6-9-17-13/h6,9-10,12,14-15H,1-5,7-8H2. The Kier molecular flexibility index (Phi) is 3.50. The lowest BCUT2D eigenvalue weighted by Gasteiger charge is -2.34. The van der Waals surface area contributed by atoms with E-state index < -0.39 is 0 Å². The predicted octanol–water partition coefficient (Wildman–Crippen LogP) is 2.96. The third-order valence-corrected chi connectivity index (χ3v) is 5.26. The summed E-state index contributed by atoms with van der Waals surface area (Å²) in [5, 5.41) is 12.8. The van der Waals surface area contributed by atoms with Gasteiger partial charge in [0.15, 0.2) is 0 Å². The van der Waals surface area contributed by atoms with Crippen LogP contribution < -0.4 is 0 Å². The van der Waals surface area contributed by atoms with Crippen molar-refractivity contribution < 1.29 is 9.84 Å². The van der Waals surface area contributed by atoms with E-state index in [4.69, 9.17) is 4.74 Å². The SMILES string of the molecule is OC(C1CCOCC1)C1CCCc2sccc21. The van der Waals surface area contributed by atoms with E-state index in [-0.39, 0.29) is 6.10 Å². The maximum Gasteiger partial charge on any atom is 0.0638 e. The van der Waals surface area contributed by atoms with Crippen LogP contribution >= 0.6 is 11.3 Å². The first-order valence-electron chi connectivity index (χ1n) is 6.68. The van der Waals surface area contributed by atoms with E-state index in [1.165, 1.54) is 23.3 Å². The van der Waals surface area contributed by atoms with Crippen LogP contribution in [0.15, 0.2) is 11.4 Å². The van der Waals surface area contributed by atoms with Crippen molar-refractivity contribution in [2.45, 2.75) is 44.1 Å². The Morgan fingerprint density at radius 1 is 1.29 bits per heavy atom. The second-order valence-electron chi connectivity index (χ2n) is 5.24. The van der Waals surface area contributed by atoms with Gasteiger partial charge in [-0.15, -0.1) is 11.3 Å². The van der Waals surface area contributed by atoms with Gasteiger partial charge < -0.3 is 9.84 Å². The molecule has 1 aromatic rings. The zero-order valence-corrected chi connectivity index (χ0v) is 10.9. The highest BCUT2D eigenvalue weighted by molar-refractivity contribution is 7.10. The molecule has 1 aliphatic carbocycles. The fourth-order valence-electron chi connectivity index (χ4n) is 3.26. The molecular weight excluding hydrogens is 232 g/mol. The van der Waals surface area contributed by atoms with Crippen molar-refractivity contribution in [3.8, 4) is 0 Å². The average molecular weight is 252 g/mol. The third kappa shape index (κ3) is 2.28. The van der Waals surface area contributed by atoms with E-state index in [9.17, 15) is 5.11 Å². The number of fused-ring (bicyclic) bond motifs is 1. The van der Waals surface area contributed by atoms with Crippen molar-refractivity contribution in [1.29, 1.82) is 0 Å². The molecule has 0 radical (unpaired) electrons. The topological polar surface area (TPSA) is 29.5 Å². The van der Waals surface area contributed by atoms with Crippen LogP contribution in [0.5, 0.6) is 0 Å². The second-order valence-corrected chi connectivity index (χ2v) is 6.24. The average Bonchev–Trinajstić information content (AvgIpc) is 2.87. The summed E-state index contributed by atoms with van der Waals surface area (Å²) >= 11 is 1.86. The van der Waals surface area contributed by atoms with Gasteiger partial charge in [-0.05, 0) is 55.0 Å².